The minimum atomic E-state index is -0.454. The molecule has 1 amide bonds. The third-order valence-corrected chi connectivity index (χ3v) is 4.31. The summed E-state index contributed by atoms with van der Waals surface area (Å²) in [5.74, 6) is 0.862. The number of ether oxygens (including phenoxy) is 1. The van der Waals surface area contributed by atoms with Gasteiger partial charge >= 0.3 is 6.09 Å². The number of rotatable bonds is 4. The second-order valence-corrected chi connectivity index (χ2v) is 7.98. The third-order valence-electron chi connectivity index (χ3n) is 4.31. The minimum absolute atomic E-state index is 0. The van der Waals surface area contributed by atoms with Gasteiger partial charge < -0.3 is 20.7 Å². The summed E-state index contributed by atoms with van der Waals surface area (Å²) in [6.07, 6.45) is 2.81. The molecule has 2 rings (SSSR count). The highest BCUT2D eigenvalue weighted by Gasteiger charge is 2.27. The second-order valence-electron chi connectivity index (χ2n) is 7.98. The number of amides is 1. The van der Waals surface area contributed by atoms with Crippen LogP contribution in [-0.2, 0) is 4.74 Å². The molecular formula is C20H33IN4O2. The van der Waals surface area contributed by atoms with Gasteiger partial charge in [-0.25, -0.2) is 4.79 Å². The van der Waals surface area contributed by atoms with Crippen molar-refractivity contribution in [1.82, 2.24) is 4.90 Å². The summed E-state index contributed by atoms with van der Waals surface area (Å²) in [6.45, 7) is 9.88. The Labute approximate surface area is 179 Å². The van der Waals surface area contributed by atoms with Crippen LogP contribution in [-0.4, -0.2) is 42.2 Å². The van der Waals surface area contributed by atoms with E-state index >= 15 is 0 Å². The predicted molar refractivity (Wildman–Crippen MR) is 122 cm³/mol. The number of likely N-dealkylation sites (tertiary alicyclic amines) is 1. The molecule has 0 spiro atoms. The van der Waals surface area contributed by atoms with Crippen molar-refractivity contribution in [1.29, 1.82) is 0 Å². The van der Waals surface area contributed by atoms with Crippen LogP contribution >= 0.6 is 24.0 Å². The fourth-order valence-electron chi connectivity index (χ4n) is 2.98. The average molecular weight is 488 g/mol. The standard InChI is InChI=1S/C20H32N4O2.HI/c1-15-7-9-17(10-8-15)23-18(21)22-12-11-16-6-5-13-24(14-16)19(25)26-20(2,3)4;/h7-10,16H,5-6,11-14H2,1-4H3,(H3,21,22,23);1H. The molecule has 7 heteroatoms. The molecule has 27 heavy (non-hydrogen) atoms. The molecule has 0 aromatic heterocycles. The molecule has 0 bridgehead atoms. The van der Waals surface area contributed by atoms with E-state index in [1.165, 1.54) is 5.56 Å². The van der Waals surface area contributed by atoms with Gasteiger partial charge in [-0.1, -0.05) is 17.7 Å². The number of guanidine groups is 1. The predicted octanol–water partition coefficient (Wildman–Crippen LogP) is 4.38. The molecule has 1 aliphatic heterocycles. The molecule has 6 nitrogen and oxygen atoms in total. The minimum Gasteiger partial charge on any atom is -0.444 e. The Kier molecular flexibility index (Phi) is 9.35. The van der Waals surface area contributed by atoms with Crippen LogP contribution < -0.4 is 11.1 Å². The van der Waals surface area contributed by atoms with E-state index in [0.717, 1.165) is 38.0 Å². The molecule has 0 radical (unpaired) electrons. The average Bonchev–Trinajstić information content (AvgIpc) is 2.56. The molecule has 0 aliphatic carbocycles. The number of anilines is 1. The maximum atomic E-state index is 12.2. The molecule has 1 atom stereocenters. The number of nitrogens with two attached hydrogens (primary N) is 1. The highest BCUT2D eigenvalue weighted by atomic mass is 127. The van der Waals surface area contributed by atoms with Crippen molar-refractivity contribution in [3.8, 4) is 0 Å². The Bertz CT molecular complexity index is 626. The summed E-state index contributed by atoms with van der Waals surface area (Å²) in [7, 11) is 0. The fourth-order valence-corrected chi connectivity index (χ4v) is 2.98. The van der Waals surface area contributed by atoms with Crippen LogP contribution in [0.2, 0.25) is 0 Å². The number of hydrogen-bond acceptors (Lipinski definition) is 3. The van der Waals surface area contributed by atoms with Gasteiger partial charge in [-0.2, -0.15) is 0 Å². The van der Waals surface area contributed by atoms with Gasteiger partial charge in [-0.05, 0) is 65.0 Å². The number of hydrogen-bond donors (Lipinski definition) is 2. The number of aryl methyl sites for hydroxylation is 1. The van der Waals surface area contributed by atoms with Crippen molar-refractivity contribution in [3.63, 3.8) is 0 Å². The van der Waals surface area contributed by atoms with Crippen LogP contribution in [0.3, 0.4) is 0 Å². The van der Waals surface area contributed by atoms with Gasteiger partial charge in [0.2, 0.25) is 0 Å². The number of carbonyl (C=O) groups is 1. The molecule has 1 heterocycles. The Balaban J connectivity index is 0.00000364. The zero-order chi connectivity index (χ0) is 19.2. The number of nitrogens with zero attached hydrogens (tertiary/aromatic N) is 2. The zero-order valence-electron chi connectivity index (χ0n) is 16.8. The Hall–Kier alpha value is -1.51. The zero-order valence-corrected chi connectivity index (χ0v) is 19.2. The number of halogens is 1. The molecule has 0 saturated carbocycles. The van der Waals surface area contributed by atoms with Crippen molar-refractivity contribution < 1.29 is 9.53 Å². The Morgan fingerprint density at radius 1 is 1.33 bits per heavy atom. The van der Waals surface area contributed by atoms with Crippen LogP contribution in [0.15, 0.2) is 29.3 Å². The van der Waals surface area contributed by atoms with Crippen molar-refractivity contribution in [2.45, 2.75) is 52.6 Å². The monoisotopic (exact) mass is 488 g/mol. The molecule has 3 N–H and O–H groups in total. The number of carbonyl (C=O) groups excluding carboxylic acids is 1. The first-order valence-corrected chi connectivity index (χ1v) is 9.34. The molecule has 1 aromatic rings. The van der Waals surface area contributed by atoms with E-state index in [-0.39, 0.29) is 30.1 Å². The van der Waals surface area contributed by atoms with E-state index in [9.17, 15) is 4.79 Å². The van der Waals surface area contributed by atoms with E-state index in [0.29, 0.717) is 18.4 Å². The maximum Gasteiger partial charge on any atom is 0.410 e. The van der Waals surface area contributed by atoms with Gasteiger partial charge in [0.15, 0.2) is 5.96 Å². The summed E-state index contributed by atoms with van der Waals surface area (Å²) < 4.78 is 5.47. The fraction of sp³-hybridized carbons (Fsp3) is 0.600. The summed E-state index contributed by atoms with van der Waals surface area (Å²) >= 11 is 0. The molecule has 1 saturated heterocycles. The first-order chi connectivity index (χ1) is 12.2. The summed E-state index contributed by atoms with van der Waals surface area (Å²) in [5.41, 5.74) is 7.65. The topological polar surface area (TPSA) is 80.0 Å². The van der Waals surface area contributed by atoms with Crippen molar-refractivity contribution in [2.24, 2.45) is 16.6 Å². The van der Waals surface area contributed by atoms with E-state index in [1.807, 2.05) is 56.9 Å². The molecule has 1 aliphatic rings. The highest BCUT2D eigenvalue weighted by Crippen LogP contribution is 2.21. The molecule has 1 fully saturated rings. The first-order valence-electron chi connectivity index (χ1n) is 9.34. The van der Waals surface area contributed by atoms with Crippen LogP contribution in [0.1, 0.15) is 45.6 Å². The quantitative estimate of drug-likeness (QED) is 0.375. The van der Waals surface area contributed by atoms with Gasteiger partial charge in [-0.3, -0.25) is 4.99 Å². The lowest BCUT2D eigenvalue weighted by Gasteiger charge is -2.34. The van der Waals surface area contributed by atoms with Crippen molar-refractivity contribution >= 4 is 41.7 Å². The first kappa shape index (κ1) is 23.5. The van der Waals surface area contributed by atoms with Gasteiger partial charge in [0.1, 0.15) is 5.60 Å². The van der Waals surface area contributed by atoms with Crippen LogP contribution in [0.25, 0.3) is 0 Å². The van der Waals surface area contributed by atoms with Gasteiger partial charge in [0, 0.05) is 25.3 Å². The van der Waals surface area contributed by atoms with Gasteiger partial charge in [-0.15, -0.1) is 24.0 Å². The third kappa shape index (κ3) is 8.81. The molecule has 1 aromatic carbocycles. The highest BCUT2D eigenvalue weighted by molar-refractivity contribution is 14.0. The lowest BCUT2D eigenvalue weighted by atomic mass is 9.95. The largest absolute Gasteiger partial charge is 0.444 e. The lowest BCUT2D eigenvalue weighted by Crippen LogP contribution is -2.43. The molecular weight excluding hydrogens is 455 g/mol. The van der Waals surface area contributed by atoms with E-state index in [4.69, 9.17) is 10.5 Å². The number of aliphatic imine (C=N–C) groups is 1. The second kappa shape index (κ2) is 10.7. The van der Waals surface area contributed by atoms with Crippen LogP contribution in [0.5, 0.6) is 0 Å². The molecule has 1 unspecified atom stereocenters. The Morgan fingerprint density at radius 3 is 2.63 bits per heavy atom. The van der Waals surface area contributed by atoms with Gasteiger partial charge in [0.05, 0.1) is 0 Å². The van der Waals surface area contributed by atoms with E-state index < -0.39 is 5.60 Å². The number of nitrogens with one attached hydrogen (secondary N) is 1. The smallest absolute Gasteiger partial charge is 0.410 e. The van der Waals surface area contributed by atoms with Crippen LogP contribution in [0.4, 0.5) is 10.5 Å². The lowest BCUT2D eigenvalue weighted by molar-refractivity contribution is 0.0163. The van der Waals surface area contributed by atoms with E-state index in [1.54, 1.807) is 0 Å². The summed E-state index contributed by atoms with van der Waals surface area (Å²) in [5, 5.41) is 3.10. The van der Waals surface area contributed by atoms with Crippen molar-refractivity contribution in [3.05, 3.63) is 29.8 Å². The summed E-state index contributed by atoms with van der Waals surface area (Å²) in [6, 6.07) is 8.03. The Morgan fingerprint density at radius 2 is 2.00 bits per heavy atom. The van der Waals surface area contributed by atoms with Crippen molar-refractivity contribution in [2.75, 3.05) is 25.0 Å². The number of piperidine rings is 1. The normalized spacial score (nSPS) is 17.9. The van der Waals surface area contributed by atoms with Gasteiger partial charge in [0.25, 0.3) is 0 Å². The van der Waals surface area contributed by atoms with E-state index in [2.05, 4.69) is 10.3 Å². The summed E-state index contributed by atoms with van der Waals surface area (Å²) in [4.78, 5) is 18.4. The molecule has 152 valence electrons. The maximum absolute atomic E-state index is 12.2. The SMILES string of the molecule is Cc1ccc(NC(N)=NCCC2CCCN(C(=O)OC(C)(C)C)C2)cc1.I. The number of benzene rings is 1. The van der Waals surface area contributed by atoms with Crippen LogP contribution in [0, 0.1) is 12.8 Å².